The molecule has 39 heavy (non-hydrogen) atoms. The Labute approximate surface area is 239 Å². The van der Waals surface area contributed by atoms with E-state index in [1.165, 1.54) is 6.42 Å². The van der Waals surface area contributed by atoms with Crippen LogP contribution in [0.2, 0.25) is 10.0 Å². The Hall–Kier alpha value is -3.09. The summed E-state index contributed by atoms with van der Waals surface area (Å²) in [6.45, 7) is 2.29. The van der Waals surface area contributed by atoms with Crippen molar-refractivity contribution in [3.63, 3.8) is 0 Å². The highest BCUT2D eigenvalue weighted by Crippen LogP contribution is 2.37. The molecule has 3 amide bonds. The Morgan fingerprint density at radius 3 is 2.38 bits per heavy atom. The maximum Gasteiger partial charge on any atom is 0.258 e. The van der Waals surface area contributed by atoms with Crippen LogP contribution in [-0.2, 0) is 16.1 Å². The minimum atomic E-state index is -0.696. The van der Waals surface area contributed by atoms with Gasteiger partial charge in [0.25, 0.3) is 5.91 Å². The number of rotatable bonds is 9. The lowest BCUT2D eigenvalue weighted by Gasteiger charge is -2.32. The lowest BCUT2D eigenvalue weighted by Crippen LogP contribution is -2.50. The summed E-state index contributed by atoms with van der Waals surface area (Å²) < 4.78 is 0. The highest BCUT2D eigenvalue weighted by Gasteiger charge is 2.31. The summed E-state index contributed by atoms with van der Waals surface area (Å²) in [4.78, 5) is 43.3. The van der Waals surface area contributed by atoms with Gasteiger partial charge in [-0.3, -0.25) is 14.4 Å². The Morgan fingerprint density at radius 1 is 1.00 bits per heavy atom. The first-order valence-corrected chi connectivity index (χ1v) is 14.5. The van der Waals surface area contributed by atoms with E-state index in [4.69, 9.17) is 23.2 Å². The molecule has 1 N–H and O–H groups in total. The van der Waals surface area contributed by atoms with E-state index in [1.54, 1.807) is 34.9 Å². The smallest absolute Gasteiger partial charge is 0.258 e. The van der Waals surface area contributed by atoms with Gasteiger partial charge in [-0.2, -0.15) is 0 Å². The third kappa shape index (κ3) is 5.78. The van der Waals surface area contributed by atoms with Gasteiger partial charge >= 0.3 is 0 Å². The largest absolute Gasteiger partial charge is 0.352 e. The second-order valence-electron chi connectivity index (χ2n) is 10.5. The number of nitrogens with zero attached hydrogens (tertiary/aromatic N) is 2. The van der Waals surface area contributed by atoms with Gasteiger partial charge in [-0.25, -0.2) is 0 Å². The average Bonchev–Trinajstić information content (AvgIpc) is 3.21. The van der Waals surface area contributed by atoms with Crippen molar-refractivity contribution in [1.29, 1.82) is 0 Å². The Bertz CT molecular complexity index is 1380. The molecule has 0 aromatic heterocycles. The molecular formula is C31H33Cl2N3O3. The van der Waals surface area contributed by atoms with Gasteiger partial charge in [-0.15, -0.1) is 0 Å². The summed E-state index contributed by atoms with van der Waals surface area (Å²) in [5, 5.41) is 6.03. The standard InChI is InChI=1S/C31H33Cl2N3O3/c1-20(30(38)34-22-11-3-2-4-12-22)36(19-24-25(32)14-7-15-26(24)33)28(37)17-8-18-35-27-16-6-10-21-9-5-13-23(29(21)27)31(35)39/h5-7,9-10,13-16,20,22H,2-4,8,11-12,17-19H2,1H3,(H,34,38)/t20-/m0/s1. The molecule has 1 atom stereocenters. The van der Waals surface area contributed by atoms with E-state index < -0.39 is 6.04 Å². The zero-order valence-electron chi connectivity index (χ0n) is 22.1. The van der Waals surface area contributed by atoms with Gasteiger partial charge in [0.1, 0.15) is 6.04 Å². The fraction of sp³-hybridized carbons (Fsp3) is 0.387. The molecule has 0 radical (unpaired) electrons. The third-order valence-electron chi connectivity index (χ3n) is 7.93. The lowest BCUT2D eigenvalue weighted by atomic mass is 9.95. The van der Waals surface area contributed by atoms with E-state index in [0.717, 1.165) is 42.1 Å². The van der Waals surface area contributed by atoms with Gasteiger partial charge in [0, 0.05) is 52.1 Å². The number of hydrogen-bond donors (Lipinski definition) is 1. The molecule has 0 unspecified atom stereocenters. The SMILES string of the molecule is C[C@@H](C(=O)NC1CCCCC1)N(Cc1c(Cl)cccc1Cl)C(=O)CCCN1C(=O)c2cccc3cccc1c23. The van der Waals surface area contributed by atoms with Crippen molar-refractivity contribution in [1.82, 2.24) is 10.2 Å². The number of hydrogen-bond acceptors (Lipinski definition) is 3. The highest BCUT2D eigenvalue weighted by atomic mass is 35.5. The van der Waals surface area contributed by atoms with Crippen molar-refractivity contribution in [2.24, 2.45) is 0 Å². The molecule has 204 valence electrons. The molecule has 1 saturated carbocycles. The van der Waals surface area contributed by atoms with Crippen LogP contribution in [0.3, 0.4) is 0 Å². The van der Waals surface area contributed by atoms with E-state index in [1.807, 2.05) is 36.4 Å². The number of carbonyl (C=O) groups excluding carboxylic acids is 3. The normalized spacial score (nSPS) is 16.0. The van der Waals surface area contributed by atoms with E-state index in [9.17, 15) is 14.4 Å². The Kier molecular flexibility index (Phi) is 8.43. The number of amides is 3. The molecular weight excluding hydrogens is 533 g/mol. The third-order valence-corrected chi connectivity index (χ3v) is 8.64. The molecule has 2 aliphatic rings. The number of carbonyl (C=O) groups is 3. The van der Waals surface area contributed by atoms with Gasteiger partial charge in [0.15, 0.2) is 0 Å². The maximum atomic E-state index is 13.6. The first kappa shape index (κ1) is 27.5. The Balaban J connectivity index is 1.29. The van der Waals surface area contributed by atoms with E-state index in [2.05, 4.69) is 5.32 Å². The monoisotopic (exact) mass is 565 g/mol. The van der Waals surface area contributed by atoms with Crippen molar-refractivity contribution in [2.75, 3.05) is 11.4 Å². The summed E-state index contributed by atoms with van der Waals surface area (Å²) in [7, 11) is 0. The van der Waals surface area contributed by atoms with Gasteiger partial charge in [0.2, 0.25) is 11.8 Å². The summed E-state index contributed by atoms with van der Waals surface area (Å²) in [6.07, 6.45) is 5.95. The average molecular weight is 567 g/mol. The van der Waals surface area contributed by atoms with Crippen LogP contribution in [-0.4, -0.2) is 41.2 Å². The topological polar surface area (TPSA) is 69.7 Å². The summed E-state index contributed by atoms with van der Waals surface area (Å²) in [5.74, 6) is -0.399. The lowest BCUT2D eigenvalue weighted by molar-refractivity contribution is -0.141. The molecule has 1 aliphatic carbocycles. The van der Waals surface area contributed by atoms with E-state index in [0.29, 0.717) is 34.1 Å². The maximum absolute atomic E-state index is 13.6. The molecule has 1 aliphatic heterocycles. The van der Waals surface area contributed by atoms with Crippen LogP contribution in [0.25, 0.3) is 10.8 Å². The molecule has 3 aromatic rings. The van der Waals surface area contributed by atoms with Gasteiger partial charge < -0.3 is 15.1 Å². The van der Waals surface area contributed by atoms with Crippen LogP contribution in [0.4, 0.5) is 5.69 Å². The fourth-order valence-corrected chi connectivity index (χ4v) is 6.26. The minimum Gasteiger partial charge on any atom is -0.352 e. The van der Waals surface area contributed by atoms with Crippen LogP contribution in [0.1, 0.15) is 67.8 Å². The van der Waals surface area contributed by atoms with Crippen LogP contribution < -0.4 is 10.2 Å². The first-order chi connectivity index (χ1) is 18.8. The fourth-order valence-electron chi connectivity index (χ4n) is 5.74. The zero-order valence-corrected chi connectivity index (χ0v) is 23.6. The zero-order chi connectivity index (χ0) is 27.5. The number of benzene rings is 3. The van der Waals surface area contributed by atoms with Gasteiger partial charge in [-0.1, -0.05) is 72.8 Å². The van der Waals surface area contributed by atoms with Crippen molar-refractivity contribution in [3.8, 4) is 0 Å². The molecule has 1 fully saturated rings. The van der Waals surface area contributed by atoms with Gasteiger partial charge in [-0.05, 0) is 55.8 Å². The predicted molar refractivity (Wildman–Crippen MR) is 156 cm³/mol. The number of anilines is 1. The minimum absolute atomic E-state index is 0.0471. The molecule has 0 bridgehead atoms. The van der Waals surface area contributed by atoms with E-state index in [-0.39, 0.29) is 36.7 Å². The van der Waals surface area contributed by atoms with Crippen molar-refractivity contribution < 1.29 is 14.4 Å². The molecule has 0 saturated heterocycles. The quantitative estimate of drug-likeness (QED) is 0.312. The number of halogens is 2. The van der Waals surface area contributed by atoms with Crippen molar-refractivity contribution in [2.45, 2.75) is 70.5 Å². The molecule has 0 spiro atoms. The molecule has 6 nitrogen and oxygen atoms in total. The van der Waals surface area contributed by atoms with Crippen LogP contribution >= 0.6 is 23.2 Å². The highest BCUT2D eigenvalue weighted by molar-refractivity contribution is 6.36. The summed E-state index contributed by atoms with van der Waals surface area (Å²) >= 11 is 12.9. The summed E-state index contributed by atoms with van der Waals surface area (Å²) in [6, 6.07) is 16.3. The van der Waals surface area contributed by atoms with Crippen LogP contribution in [0.15, 0.2) is 54.6 Å². The molecule has 1 heterocycles. The Morgan fingerprint density at radius 2 is 1.67 bits per heavy atom. The van der Waals surface area contributed by atoms with E-state index >= 15 is 0 Å². The second-order valence-corrected chi connectivity index (χ2v) is 11.3. The number of nitrogens with one attached hydrogen (secondary N) is 1. The van der Waals surface area contributed by atoms with Crippen LogP contribution in [0.5, 0.6) is 0 Å². The van der Waals surface area contributed by atoms with Crippen LogP contribution in [0, 0.1) is 0 Å². The molecule has 3 aromatic carbocycles. The molecule has 8 heteroatoms. The first-order valence-electron chi connectivity index (χ1n) is 13.7. The molecule has 5 rings (SSSR count). The van der Waals surface area contributed by atoms with Gasteiger partial charge in [0.05, 0.1) is 5.69 Å². The predicted octanol–water partition coefficient (Wildman–Crippen LogP) is 6.75. The second kappa shape index (κ2) is 12.0. The van der Waals surface area contributed by atoms with Crippen molar-refractivity contribution >= 4 is 57.4 Å². The van der Waals surface area contributed by atoms with Crippen molar-refractivity contribution in [3.05, 3.63) is 75.8 Å². The summed E-state index contributed by atoms with van der Waals surface area (Å²) in [5.41, 5.74) is 2.18.